The van der Waals surface area contributed by atoms with Crippen LogP contribution in [-0.4, -0.2) is 0 Å². The van der Waals surface area contributed by atoms with Crippen molar-refractivity contribution >= 4 is 11.6 Å². The maximum Gasteiger partial charge on any atom is 0.0465 e. The molecule has 1 atom stereocenters. The van der Waals surface area contributed by atoms with Crippen LogP contribution in [0.2, 0.25) is 5.02 Å². The summed E-state index contributed by atoms with van der Waals surface area (Å²) in [6.07, 6.45) is 7.95. The van der Waals surface area contributed by atoms with Crippen LogP contribution in [0, 0.1) is 12.8 Å². The summed E-state index contributed by atoms with van der Waals surface area (Å²) in [4.78, 5) is 0. The van der Waals surface area contributed by atoms with E-state index in [4.69, 9.17) is 17.4 Å². The maximum atomic E-state index is 6.09. The van der Waals surface area contributed by atoms with Gasteiger partial charge in [-0.25, -0.2) is 0 Å². The van der Waals surface area contributed by atoms with Crippen molar-refractivity contribution < 1.29 is 0 Å². The van der Waals surface area contributed by atoms with E-state index in [1.54, 1.807) is 0 Å². The topological polar surface area (TPSA) is 38.0 Å². The number of hydrogen-bond donors (Lipinski definition) is 2. The largest absolute Gasteiger partial charge is 0.271 e. The molecule has 100 valence electrons. The molecule has 0 aliphatic heterocycles. The molecular formula is C15H23ClN2. The predicted octanol–water partition coefficient (Wildman–Crippen LogP) is 4.12. The third-order valence-corrected chi connectivity index (χ3v) is 4.35. The van der Waals surface area contributed by atoms with Crippen LogP contribution in [0.15, 0.2) is 18.2 Å². The number of hydrogen-bond acceptors (Lipinski definition) is 2. The molecule has 1 fully saturated rings. The van der Waals surface area contributed by atoms with E-state index in [-0.39, 0.29) is 6.04 Å². The highest BCUT2D eigenvalue weighted by molar-refractivity contribution is 6.30. The third kappa shape index (κ3) is 3.47. The zero-order valence-electron chi connectivity index (χ0n) is 11.1. The van der Waals surface area contributed by atoms with Crippen LogP contribution in [0.3, 0.4) is 0 Å². The van der Waals surface area contributed by atoms with Crippen molar-refractivity contribution in [2.24, 2.45) is 11.8 Å². The predicted molar refractivity (Wildman–Crippen MR) is 77.4 cm³/mol. The van der Waals surface area contributed by atoms with Crippen molar-refractivity contribution in [3.8, 4) is 0 Å². The van der Waals surface area contributed by atoms with Gasteiger partial charge in [0, 0.05) is 11.1 Å². The first-order valence-electron chi connectivity index (χ1n) is 6.93. The van der Waals surface area contributed by atoms with E-state index < -0.39 is 0 Å². The molecule has 3 N–H and O–H groups in total. The van der Waals surface area contributed by atoms with Gasteiger partial charge in [-0.05, 0) is 42.5 Å². The van der Waals surface area contributed by atoms with Gasteiger partial charge in [-0.15, -0.1) is 0 Å². The molecule has 2 nitrogen and oxygen atoms in total. The molecule has 1 saturated carbocycles. The molecule has 0 aromatic heterocycles. The lowest BCUT2D eigenvalue weighted by atomic mass is 9.83. The number of halogens is 1. The number of nitrogens with two attached hydrogens (primary N) is 1. The summed E-state index contributed by atoms with van der Waals surface area (Å²) in [7, 11) is 0. The first-order valence-corrected chi connectivity index (χ1v) is 7.30. The van der Waals surface area contributed by atoms with Gasteiger partial charge in [-0.2, -0.15) is 0 Å². The maximum absolute atomic E-state index is 6.09. The average Bonchev–Trinajstić information content (AvgIpc) is 2.40. The molecule has 0 bridgehead atoms. The lowest BCUT2D eigenvalue weighted by molar-refractivity contribution is 0.300. The minimum atomic E-state index is 0.229. The van der Waals surface area contributed by atoms with Crippen LogP contribution >= 0.6 is 11.6 Å². The number of hydrazine groups is 1. The molecule has 0 saturated heterocycles. The number of aryl methyl sites for hydroxylation is 1. The van der Waals surface area contributed by atoms with Gasteiger partial charge >= 0.3 is 0 Å². The fourth-order valence-corrected chi connectivity index (χ4v) is 3.21. The Bertz CT molecular complexity index is 386. The Morgan fingerprint density at radius 1 is 1.33 bits per heavy atom. The van der Waals surface area contributed by atoms with Crippen molar-refractivity contribution in [2.45, 2.75) is 51.5 Å². The van der Waals surface area contributed by atoms with E-state index >= 15 is 0 Å². The quantitative estimate of drug-likeness (QED) is 0.635. The summed E-state index contributed by atoms with van der Waals surface area (Å²) in [6.45, 7) is 2.12. The highest BCUT2D eigenvalue weighted by atomic mass is 35.5. The Morgan fingerprint density at radius 3 is 2.72 bits per heavy atom. The van der Waals surface area contributed by atoms with E-state index in [2.05, 4.69) is 18.4 Å². The summed E-state index contributed by atoms with van der Waals surface area (Å²) in [5.41, 5.74) is 5.48. The summed E-state index contributed by atoms with van der Waals surface area (Å²) in [5, 5.41) is 0.791. The molecule has 18 heavy (non-hydrogen) atoms. The summed E-state index contributed by atoms with van der Waals surface area (Å²) in [5.74, 6) is 6.55. The summed E-state index contributed by atoms with van der Waals surface area (Å²) in [6, 6.07) is 6.29. The first-order chi connectivity index (χ1) is 8.70. The molecule has 1 aliphatic carbocycles. The standard InChI is InChI=1S/C15H23ClN2/c1-11-7-8-13(16)10-14(11)15(18-17)9-12-5-3-2-4-6-12/h7-8,10,12,15,18H,2-6,9,17H2,1H3. The number of benzene rings is 1. The second kappa shape index (κ2) is 6.55. The monoisotopic (exact) mass is 266 g/mol. The molecule has 2 rings (SSSR count). The molecule has 1 unspecified atom stereocenters. The molecule has 1 aliphatic rings. The van der Waals surface area contributed by atoms with E-state index in [0.717, 1.165) is 17.4 Å². The minimum absolute atomic E-state index is 0.229. The van der Waals surface area contributed by atoms with Gasteiger partial charge in [-0.1, -0.05) is 49.8 Å². The van der Waals surface area contributed by atoms with Crippen LogP contribution in [-0.2, 0) is 0 Å². The van der Waals surface area contributed by atoms with Crippen LogP contribution in [0.1, 0.15) is 55.7 Å². The van der Waals surface area contributed by atoms with Gasteiger partial charge < -0.3 is 0 Å². The average molecular weight is 267 g/mol. The zero-order chi connectivity index (χ0) is 13.0. The molecule has 0 radical (unpaired) electrons. The lowest BCUT2D eigenvalue weighted by Crippen LogP contribution is -2.30. The Balaban J connectivity index is 2.09. The molecular weight excluding hydrogens is 244 g/mol. The second-order valence-electron chi connectivity index (χ2n) is 5.46. The minimum Gasteiger partial charge on any atom is -0.271 e. The zero-order valence-corrected chi connectivity index (χ0v) is 11.8. The summed E-state index contributed by atoms with van der Waals surface area (Å²) >= 11 is 6.09. The van der Waals surface area contributed by atoms with Crippen molar-refractivity contribution in [1.29, 1.82) is 0 Å². The molecule has 0 heterocycles. The lowest BCUT2D eigenvalue weighted by Gasteiger charge is -2.27. The Hall–Kier alpha value is -0.570. The Morgan fingerprint density at radius 2 is 2.06 bits per heavy atom. The second-order valence-corrected chi connectivity index (χ2v) is 5.90. The highest BCUT2D eigenvalue weighted by Crippen LogP contribution is 2.33. The fraction of sp³-hybridized carbons (Fsp3) is 0.600. The van der Waals surface area contributed by atoms with Gasteiger partial charge in [0.25, 0.3) is 0 Å². The van der Waals surface area contributed by atoms with Gasteiger partial charge in [-0.3, -0.25) is 11.3 Å². The van der Waals surface area contributed by atoms with Crippen molar-refractivity contribution in [2.75, 3.05) is 0 Å². The Kier molecular flexibility index (Phi) is 5.04. The fourth-order valence-electron chi connectivity index (χ4n) is 3.03. The van der Waals surface area contributed by atoms with E-state index in [0.29, 0.717) is 0 Å². The highest BCUT2D eigenvalue weighted by Gasteiger charge is 2.20. The molecule has 0 spiro atoms. The molecule has 1 aromatic carbocycles. The van der Waals surface area contributed by atoms with Gasteiger partial charge in [0.05, 0.1) is 0 Å². The Labute approximate surface area is 115 Å². The van der Waals surface area contributed by atoms with Crippen LogP contribution < -0.4 is 11.3 Å². The van der Waals surface area contributed by atoms with Gasteiger partial charge in [0.2, 0.25) is 0 Å². The first kappa shape index (κ1) is 13.9. The SMILES string of the molecule is Cc1ccc(Cl)cc1C(CC1CCCCC1)NN. The van der Waals surface area contributed by atoms with Gasteiger partial charge in [0.1, 0.15) is 0 Å². The molecule has 3 heteroatoms. The summed E-state index contributed by atoms with van der Waals surface area (Å²) < 4.78 is 0. The number of rotatable bonds is 4. The van der Waals surface area contributed by atoms with E-state index in [9.17, 15) is 0 Å². The van der Waals surface area contributed by atoms with Crippen molar-refractivity contribution in [1.82, 2.24) is 5.43 Å². The smallest absolute Gasteiger partial charge is 0.0465 e. The molecule has 1 aromatic rings. The molecule has 0 amide bonds. The van der Waals surface area contributed by atoms with Gasteiger partial charge in [0.15, 0.2) is 0 Å². The third-order valence-electron chi connectivity index (χ3n) is 4.11. The van der Waals surface area contributed by atoms with Crippen molar-refractivity contribution in [3.63, 3.8) is 0 Å². The van der Waals surface area contributed by atoms with E-state index in [1.807, 2.05) is 12.1 Å². The van der Waals surface area contributed by atoms with Crippen LogP contribution in [0.4, 0.5) is 0 Å². The van der Waals surface area contributed by atoms with Crippen LogP contribution in [0.5, 0.6) is 0 Å². The van der Waals surface area contributed by atoms with Crippen LogP contribution in [0.25, 0.3) is 0 Å². The van der Waals surface area contributed by atoms with E-state index in [1.165, 1.54) is 43.2 Å². The normalized spacial score (nSPS) is 18.8. The van der Waals surface area contributed by atoms with Crippen molar-refractivity contribution in [3.05, 3.63) is 34.3 Å². The number of nitrogens with one attached hydrogen (secondary N) is 1.